The van der Waals surface area contributed by atoms with Gasteiger partial charge in [-0.1, -0.05) is 19.3 Å². The van der Waals surface area contributed by atoms with E-state index in [9.17, 15) is 9.90 Å². The van der Waals surface area contributed by atoms with Gasteiger partial charge in [-0.2, -0.15) is 0 Å². The number of hydrogen-bond donors (Lipinski definition) is 2. The number of aliphatic hydroxyl groups excluding tert-OH is 1. The van der Waals surface area contributed by atoms with Crippen molar-refractivity contribution in [3.63, 3.8) is 0 Å². The van der Waals surface area contributed by atoms with Gasteiger partial charge in [0.2, 0.25) is 0 Å². The molecule has 2 atom stereocenters. The summed E-state index contributed by atoms with van der Waals surface area (Å²) >= 11 is 0. The Bertz CT molecular complexity index is 211. The van der Waals surface area contributed by atoms with Crippen LogP contribution in [0.15, 0.2) is 0 Å². The minimum atomic E-state index is -0.802. The van der Waals surface area contributed by atoms with Crippen molar-refractivity contribution in [2.45, 2.75) is 52.1 Å². The highest BCUT2D eigenvalue weighted by Crippen LogP contribution is 2.37. The van der Waals surface area contributed by atoms with E-state index < -0.39 is 17.5 Å². The maximum absolute atomic E-state index is 11.1. The Labute approximate surface area is 85.1 Å². The highest BCUT2D eigenvalue weighted by Gasteiger charge is 2.40. The molecule has 0 aromatic rings. The van der Waals surface area contributed by atoms with Crippen molar-refractivity contribution in [3.8, 4) is 0 Å². The second-order valence-corrected chi connectivity index (χ2v) is 4.84. The first kappa shape index (κ1) is 11.5. The second-order valence-electron chi connectivity index (χ2n) is 4.84. The van der Waals surface area contributed by atoms with Crippen molar-refractivity contribution in [1.29, 1.82) is 0 Å². The maximum atomic E-state index is 11.1. The van der Waals surface area contributed by atoms with Gasteiger partial charge in [0.15, 0.2) is 0 Å². The lowest BCUT2D eigenvalue weighted by Gasteiger charge is -2.32. The number of carboxylic acids is 1. The van der Waals surface area contributed by atoms with Crippen molar-refractivity contribution in [2.24, 2.45) is 11.3 Å². The van der Waals surface area contributed by atoms with Gasteiger partial charge in [0.25, 0.3) is 0 Å². The first-order valence-electron chi connectivity index (χ1n) is 5.37. The fraction of sp³-hybridized carbons (Fsp3) is 0.909. The molecule has 0 radical (unpaired) electrons. The molecule has 3 heteroatoms. The molecule has 0 bridgehead atoms. The quantitative estimate of drug-likeness (QED) is 0.671. The summed E-state index contributed by atoms with van der Waals surface area (Å²) in [5, 5.41) is 19.0. The van der Waals surface area contributed by atoms with E-state index >= 15 is 0 Å². The highest BCUT2D eigenvalue weighted by molar-refractivity contribution is 5.74. The fourth-order valence-electron chi connectivity index (χ4n) is 2.29. The van der Waals surface area contributed by atoms with Crippen LogP contribution in [-0.2, 0) is 4.79 Å². The van der Waals surface area contributed by atoms with E-state index in [1.165, 1.54) is 0 Å². The summed E-state index contributed by atoms with van der Waals surface area (Å²) in [4.78, 5) is 11.1. The van der Waals surface area contributed by atoms with Crippen LogP contribution in [0.25, 0.3) is 0 Å². The average Bonchev–Trinajstić information content (AvgIpc) is 2.29. The zero-order valence-electron chi connectivity index (χ0n) is 8.99. The molecule has 2 N–H and O–H groups in total. The summed E-state index contributed by atoms with van der Waals surface area (Å²) in [6.07, 6.45) is 4.32. The third-order valence-corrected chi connectivity index (χ3v) is 3.46. The second kappa shape index (κ2) is 4.30. The smallest absolute Gasteiger partial charge is 0.309 e. The zero-order chi connectivity index (χ0) is 10.8. The van der Waals surface area contributed by atoms with Crippen LogP contribution in [0, 0.1) is 11.3 Å². The minimum absolute atomic E-state index is 0.0949. The monoisotopic (exact) mass is 200 g/mol. The summed E-state index contributed by atoms with van der Waals surface area (Å²) in [5.41, 5.74) is -0.802. The molecule has 3 nitrogen and oxygen atoms in total. The summed E-state index contributed by atoms with van der Waals surface area (Å²) in [7, 11) is 0. The van der Waals surface area contributed by atoms with Crippen molar-refractivity contribution in [1.82, 2.24) is 0 Å². The van der Waals surface area contributed by atoms with Crippen LogP contribution >= 0.6 is 0 Å². The van der Waals surface area contributed by atoms with E-state index in [0.717, 1.165) is 32.1 Å². The molecule has 1 rings (SSSR count). The Morgan fingerprint density at radius 2 is 1.79 bits per heavy atom. The van der Waals surface area contributed by atoms with E-state index in [1.807, 2.05) is 0 Å². The fourth-order valence-corrected chi connectivity index (χ4v) is 2.29. The first-order valence-corrected chi connectivity index (χ1v) is 5.37. The molecule has 1 aliphatic carbocycles. The van der Waals surface area contributed by atoms with Crippen molar-refractivity contribution < 1.29 is 15.0 Å². The van der Waals surface area contributed by atoms with Crippen LogP contribution in [0.2, 0.25) is 0 Å². The zero-order valence-corrected chi connectivity index (χ0v) is 8.99. The normalized spacial score (nSPS) is 29.6. The summed E-state index contributed by atoms with van der Waals surface area (Å²) < 4.78 is 0. The van der Waals surface area contributed by atoms with Crippen molar-refractivity contribution in [2.75, 3.05) is 0 Å². The Morgan fingerprint density at radius 1 is 1.21 bits per heavy atom. The van der Waals surface area contributed by atoms with Gasteiger partial charge in [-0.25, -0.2) is 0 Å². The highest BCUT2D eigenvalue weighted by atomic mass is 16.4. The Hall–Kier alpha value is -0.570. The standard InChI is InChI=1S/C11H20O3/c1-11(2,10(13)14)8-6-4-3-5-7-9(8)12/h8-9,12H,3-7H2,1-2H3,(H,13,14). The number of aliphatic carboxylic acids is 1. The lowest BCUT2D eigenvalue weighted by atomic mass is 9.73. The predicted molar refractivity (Wildman–Crippen MR) is 54.0 cm³/mol. The van der Waals surface area contributed by atoms with E-state index in [0.29, 0.717) is 0 Å². The molecule has 0 aromatic carbocycles. The molecule has 2 unspecified atom stereocenters. The molecular weight excluding hydrogens is 180 g/mol. The molecule has 0 aliphatic heterocycles. The lowest BCUT2D eigenvalue weighted by Crippen LogP contribution is -2.39. The van der Waals surface area contributed by atoms with Gasteiger partial charge in [0, 0.05) is 5.92 Å². The third-order valence-electron chi connectivity index (χ3n) is 3.46. The summed E-state index contributed by atoms with van der Waals surface area (Å²) in [6, 6.07) is 0. The molecule has 14 heavy (non-hydrogen) atoms. The van der Waals surface area contributed by atoms with Crippen LogP contribution < -0.4 is 0 Å². The Kier molecular flexibility index (Phi) is 3.53. The number of aliphatic hydroxyl groups is 1. The minimum Gasteiger partial charge on any atom is -0.481 e. The number of rotatable bonds is 2. The average molecular weight is 200 g/mol. The third kappa shape index (κ3) is 2.27. The number of carbonyl (C=O) groups is 1. The largest absolute Gasteiger partial charge is 0.481 e. The van der Waals surface area contributed by atoms with Gasteiger partial charge >= 0.3 is 5.97 Å². The van der Waals surface area contributed by atoms with E-state index in [4.69, 9.17) is 5.11 Å². The first-order chi connectivity index (χ1) is 6.46. The number of hydrogen-bond acceptors (Lipinski definition) is 2. The van der Waals surface area contributed by atoms with Gasteiger partial charge < -0.3 is 10.2 Å². The van der Waals surface area contributed by atoms with Crippen molar-refractivity contribution in [3.05, 3.63) is 0 Å². The van der Waals surface area contributed by atoms with Crippen LogP contribution in [0.5, 0.6) is 0 Å². The molecule has 1 fully saturated rings. The molecule has 0 heterocycles. The summed E-state index contributed by atoms with van der Waals surface area (Å²) in [6.45, 7) is 3.43. The van der Waals surface area contributed by atoms with Crippen LogP contribution in [0.4, 0.5) is 0 Å². The maximum Gasteiger partial charge on any atom is 0.309 e. The molecule has 0 aromatic heterocycles. The molecule has 82 valence electrons. The molecule has 0 spiro atoms. The van der Waals surface area contributed by atoms with Crippen LogP contribution in [0.3, 0.4) is 0 Å². The van der Waals surface area contributed by atoms with Gasteiger partial charge in [0.05, 0.1) is 11.5 Å². The predicted octanol–water partition coefficient (Wildman–Crippen LogP) is 2.04. The van der Waals surface area contributed by atoms with Crippen molar-refractivity contribution >= 4 is 5.97 Å². The number of carboxylic acid groups (broad SMARTS) is 1. The van der Waals surface area contributed by atoms with E-state index in [-0.39, 0.29) is 5.92 Å². The lowest BCUT2D eigenvalue weighted by molar-refractivity contribution is -0.153. The molecule has 1 saturated carbocycles. The van der Waals surface area contributed by atoms with Gasteiger partial charge in [-0.15, -0.1) is 0 Å². The molecule has 0 amide bonds. The topological polar surface area (TPSA) is 57.5 Å². The molecular formula is C11H20O3. The van der Waals surface area contributed by atoms with Gasteiger partial charge in [-0.05, 0) is 26.7 Å². The molecule has 1 aliphatic rings. The van der Waals surface area contributed by atoms with Gasteiger partial charge in [-0.3, -0.25) is 4.79 Å². The van der Waals surface area contributed by atoms with E-state index in [2.05, 4.69) is 0 Å². The SMILES string of the molecule is CC(C)(C(=O)O)C1CCCCCC1O. The van der Waals surface area contributed by atoms with Gasteiger partial charge in [0.1, 0.15) is 0 Å². The Morgan fingerprint density at radius 3 is 2.36 bits per heavy atom. The Balaban J connectivity index is 2.77. The van der Waals surface area contributed by atoms with Crippen LogP contribution in [0.1, 0.15) is 46.0 Å². The van der Waals surface area contributed by atoms with Crippen LogP contribution in [-0.4, -0.2) is 22.3 Å². The molecule has 0 saturated heterocycles. The van der Waals surface area contributed by atoms with E-state index in [1.54, 1.807) is 13.8 Å². The summed E-state index contributed by atoms with van der Waals surface area (Å²) in [5.74, 6) is -0.897.